The molecule has 0 heterocycles. The van der Waals surface area contributed by atoms with Gasteiger partial charge in [-0.05, 0) is 56.5 Å². The summed E-state index contributed by atoms with van der Waals surface area (Å²) in [5.74, 6) is -0.339. The van der Waals surface area contributed by atoms with Crippen LogP contribution in [0.2, 0.25) is 0 Å². The predicted molar refractivity (Wildman–Crippen MR) is 122 cm³/mol. The van der Waals surface area contributed by atoms with Crippen molar-refractivity contribution in [3.8, 4) is 0 Å². The zero-order valence-corrected chi connectivity index (χ0v) is 18.0. The van der Waals surface area contributed by atoms with E-state index in [1.54, 1.807) is 12.1 Å². The minimum absolute atomic E-state index is 0.0649. The third-order valence-electron chi connectivity index (χ3n) is 6.28. The van der Waals surface area contributed by atoms with Gasteiger partial charge in [0.15, 0.2) is 0 Å². The van der Waals surface area contributed by atoms with Gasteiger partial charge in [0.1, 0.15) is 5.69 Å². The maximum atomic E-state index is 12.9. The van der Waals surface area contributed by atoms with E-state index in [4.69, 9.17) is 0 Å². The molecule has 2 N–H and O–H groups in total. The Balaban J connectivity index is 1.48. The highest BCUT2D eigenvalue weighted by molar-refractivity contribution is 6.05. The summed E-state index contributed by atoms with van der Waals surface area (Å²) < 4.78 is 0. The van der Waals surface area contributed by atoms with Gasteiger partial charge in [0.05, 0.1) is 4.92 Å². The number of hydrogen-bond acceptors (Lipinski definition) is 5. The van der Waals surface area contributed by atoms with Crippen molar-refractivity contribution in [2.24, 2.45) is 0 Å². The Morgan fingerprint density at radius 3 is 2.52 bits per heavy atom. The number of benzene rings is 2. The molecular weight excluding hydrogens is 392 g/mol. The van der Waals surface area contributed by atoms with Crippen molar-refractivity contribution in [1.82, 2.24) is 4.90 Å². The van der Waals surface area contributed by atoms with Crippen LogP contribution in [-0.2, 0) is 6.54 Å². The van der Waals surface area contributed by atoms with Crippen LogP contribution in [0.15, 0.2) is 42.5 Å². The molecule has 2 saturated carbocycles. The standard InChI is InChI=1S/C24H30N4O3/c1-27(20-8-3-2-4-9-20)16-18-7-5-6-10-21(18)26-24(29)17-11-14-22(25-19-12-13-19)23(15-17)28(30)31/h5-7,10-11,14-15,19-20,25H,2-4,8-9,12-13,16H2,1H3,(H,26,29). The number of nitrogens with one attached hydrogen (secondary N) is 2. The van der Waals surface area contributed by atoms with E-state index in [1.807, 2.05) is 24.3 Å². The Hall–Kier alpha value is -2.93. The number of nitro groups is 1. The molecule has 7 nitrogen and oxygen atoms in total. The number of para-hydroxylation sites is 1. The van der Waals surface area contributed by atoms with Crippen molar-refractivity contribution < 1.29 is 9.72 Å². The summed E-state index contributed by atoms with van der Waals surface area (Å²) in [5.41, 5.74) is 2.48. The molecule has 1 amide bonds. The Kier molecular flexibility index (Phi) is 6.51. The van der Waals surface area contributed by atoms with Gasteiger partial charge in [0.2, 0.25) is 0 Å². The zero-order valence-electron chi connectivity index (χ0n) is 18.0. The lowest BCUT2D eigenvalue weighted by Crippen LogP contribution is -2.33. The Morgan fingerprint density at radius 1 is 1.06 bits per heavy atom. The molecule has 0 bridgehead atoms. The van der Waals surface area contributed by atoms with Crippen LogP contribution in [0.25, 0.3) is 0 Å². The normalized spacial score (nSPS) is 16.8. The second kappa shape index (κ2) is 9.47. The number of amides is 1. The van der Waals surface area contributed by atoms with Crippen molar-refractivity contribution in [2.75, 3.05) is 17.7 Å². The molecule has 2 aromatic rings. The molecule has 2 aliphatic rings. The predicted octanol–water partition coefficient (Wildman–Crippen LogP) is 5.19. The van der Waals surface area contributed by atoms with Crippen LogP contribution in [0.1, 0.15) is 60.9 Å². The fourth-order valence-electron chi connectivity index (χ4n) is 4.29. The number of carbonyl (C=O) groups is 1. The molecule has 0 atom stereocenters. The molecule has 0 unspecified atom stereocenters. The van der Waals surface area contributed by atoms with Crippen LogP contribution in [0.3, 0.4) is 0 Å². The average Bonchev–Trinajstić information content (AvgIpc) is 3.60. The van der Waals surface area contributed by atoms with E-state index in [0.717, 1.165) is 30.6 Å². The number of anilines is 2. The van der Waals surface area contributed by atoms with E-state index in [9.17, 15) is 14.9 Å². The molecule has 0 radical (unpaired) electrons. The van der Waals surface area contributed by atoms with Crippen LogP contribution < -0.4 is 10.6 Å². The lowest BCUT2D eigenvalue weighted by molar-refractivity contribution is -0.384. The molecule has 0 aromatic heterocycles. The fraction of sp³-hybridized carbons (Fsp3) is 0.458. The largest absolute Gasteiger partial charge is 0.377 e. The van der Waals surface area contributed by atoms with E-state index in [-0.39, 0.29) is 17.2 Å². The summed E-state index contributed by atoms with van der Waals surface area (Å²) >= 11 is 0. The van der Waals surface area contributed by atoms with Crippen LogP contribution in [0, 0.1) is 10.1 Å². The van der Waals surface area contributed by atoms with Gasteiger partial charge >= 0.3 is 0 Å². The number of nitrogens with zero attached hydrogens (tertiary/aromatic N) is 2. The highest BCUT2D eigenvalue weighted by atomic mass is 16.6. The molecule has 31 heavy (non-hydrogen) atoms. The molecule has 0 saturated heterocycles. The van der Waals surface area contributed by atoms with Crippen molar-refractivity contribution in [2.45, 2.75) is 63.6 Å². The molecule has 7 heteroatoms. The summed E-state index contributed by atoms with van der Waals surface area (Å²) in [4.78, 5) is 26.3. The van der Waals surface area contributed by atoms with Gasteiger partial charge in [-0.3, -0.25) is 19.8 Å². The maximum absolute atomic E-state index is 12.9. The van der Waals surface area contributed by atoms with E-state index >= 15 is 0 Å². The lowest BCUT2D eigenvalue weighted by atomic mass is 9.94. The lowest BCUT2D eigenvalue weighted by Gasteiger charge is -2.31. The van der Waals surface area contributed by atoms with E-state index < -0.39 is 4.92 Å². The summed E-state index contributed by atoms with van der Waals surface area (Å²) in [7, 11) is 2.14. The van der Waals surface area contributed by atoms with Crippen molar-refractivity contribution in [3.05, 3.63) is 63.7 Å². The highest BCUT2D eigenvalue weighted by Crippen LogP contribution is 2.32. The summed E-state index contributed by atoms with van der Waals surface area (Å²) in [6, 6.07) is 13.3. The summed E-state index contributed by atoms with van der Waals surface area (Å²) in [5, 5.41) is 17.6. The van der Waals surface area contributed by atoms with Crippen LogP contribution in [0.5, 0.6) is 0 Å². The van der Waals surface area contributed by atoms with E-state index in [2.05, 4.69) is 22.6 Å². The molecule has 0 aliphatic heterocycles. The van der Waals surface area contributed by atoms with Crippen LogP contribution in [-0.4, -0.2) is 34.9 Å². The molecule has 164 valence electrons. The first-order valence-corrected chi connectivity index (χ1v) is 11.2. The van der Waals surface area contributed by atoms with Gasteiger partial charge in [-0.25, -0.2) is 0 Å². The van der Waals surface area contributed by atoms with Crippen molar-refractivity contribution in [3.63, 3.8) is 0 Å². The maximum Gasteiger partial charge on any atom is 0.293 e. The second-order valence-corrected chi connectivity index (χ2v) is 8.73. The topological polar surface area (TPSA) is 87.5 Å². The monoisotopic (exact) mass is 422 g/mol. The molecule has 2 aromatic carbocycles. The Morgan fingerprint density at radius 2 is 1.81 bits per heavy atom. The average molecular weight is 423 g/mol. The van der Waals surface area contributed by atoms with E-state index in [0.29, 0.717) is 17.8 Å². The fourth-order valence-corrected chi connectivity index (χ4v) is 4.29. The summed E-state index contributed by atoms with van der Waals surface area (Å²) in [6.45, 7) is 0.755. The third-order valence-corrected chi connectivity index (χ3v) is 6.28. The van der Waals surface area contributed by atoms with Crippen molar-refractivity contribution in [1.29, 1.82) is 0 Å². The molecule has 4 rings (SSSR count). The molecular formula is C24H30N4O3. The number of nitro benzene ring substituents is 1. The minimum atomic E-state index is -0.436. The summed E-state index contributed by atoms with van der Waals surface area (Å²) in [6.07, 6.45) is 8.34. The zero-order chi connectivity index (χ0) is 21.8. The van der Waals surface area contributed by atoms with Gasteiger partial charge in [0.25, 0.3) is 11.6 Å². The quantitative estimate of drug-likeness (QED) is 0.452. The van der Waals surface area contributed by atoms with Gasteiger partial charge < -0.3 is 10.6 Å². The SMILES string of the molecule is CN(Cc1ccccc1NC(=O)c1ccc(NC2CC2)c([N+](=O)[O-])c1)C1CCCCC1. The van der Waals surface area contributed by atoms with E-state index in [1.165, 1.54) is 38.2 Å². The first kappa shape index (κ1) is 21.3. The number of carbonyl (C=O) groups excluding carboxylic acids is 1. The smallest absolute Gasteiger partial charge is 0.293 e. The first-order valence-electron chi connectivity index (χ1n) is 11.2. The molecule has 2 fully saturated rings. The van der Waals surface area contributed by atoms with Crippen LogP contribution in [0.4, 0.5) is 17.1 Å². The first-order chi connectivity index (χ1) is 15.0. The Labute approximate surface area is 183 Å². The second-order valence-electron chi connectivity index (χ2n) is 8.73. The van der Waals surface area contributed by atoms with Gasteiger partial charge in [0, 0.05) is 35.9 Å². The van der Waals surface area contributed by atoms with Crippen LogP contribution >= 0.6 is 0 Å². The Bertz CT molecular complexity index is 952. The minimum Gasteiger partial charge on any atom is -0.377 e. The number of hydrogen-bond donors (Lipinski definition) is 2. The number of rotatable bonds is 8. The highest BCUT2D eigenvalue weighted by Gasteiger charge is 2.26. The van der Waals surface area contributed by atoms with Crippen molar-refractivity contribution >= 4 is 23.0 Å². The third kappa shape index (κ3) is 5.41. The van der Waals surface area contributed by atoms with Gasteiger partial charge in [-0.15, -0.1) is 0 Å². The molecule has 2 aliphatic carbocycles. The van der Waals surface area contributed by atoms with Gasteiger partial charge in [-0.1, -0.05) is 37.5 Å². The van der Waals surface area contributed by atoms with Gasteiger partial charge in [-0.2, -0.15) is 0 Å². The molecule has 0 spiro atoms.